The normalized spacial score (nSPS) is 10.8. The van der Waals surface area contributed by atoms with Gasteiger partial charge in [-0.1, -0.05) is 148 Å². The average molecular weight is 774 g/mol. The largest absolute Gasteiger partial charge is 2.00 e. The van der Waals surface area contributed by atoms with Gasteiger partial charge in [0.05, 0.1) is 0 Å². The van der Waals surface area contributed by atoms with Gasteiger partial charge in [-0.2, -0.15) is 58.3 Å². The molecule has 4 heteroatoms. The Labute approximate surface area is 366 Å². The van der Waals surface area contributed by atoms with E-state index in [-0.39, 0.29) is 62.9 Å². The van der Waals surface area contributed by atoms with E-state index < -0.39 is 0 Å². The average Bonchev–Trinajstić information content (AvgIpc) is 3.89. The fourth-order valence-electron chi connectivity index (χ4n) is 6.48. The van der Waals surface area contributed by atoms with Crippen molar-refractivity contribution in [2.75, 3.05) is 0 Å². The summed E-state index contributed by atoms with van der Waals surface area (Å²) in [6.45, 7) is 36.0. The smallest absolute Gasteiger partial charge is 0.207 e. The molecule has 0 radical (unpaired) electrons. The molecule has 0 N–H and O–H groups in total. The molecule has 0 aromatic heterocycles. The SMILES string of the molecule is CCC(C)(C)c1c[cH-]c(C)c1.CCC(C)(C)c1c[cH-]c(C=[Si](C)C)c1.Cc1cc2c(C)ccc(C)c2[cH-]1.Cc1cc2c(C)ccc(C=[Si](C)C)c2[cH-]1.[Mg+2].[Mg+2]. The van der Waals surface area contributed by atoms with Crippen molar-refractivity contribution in [3.63, 3.8) is 0 Å². The van der Waals surface area contributed by atoms with Crippen molar-refractivity contribution in [3.05, 3.63) is 141 Å². The minimum absolute atomic E-state index is 0. The van der Waals surface area contributed by atoms with Gasteiger partial charge in [-0.3, -0.25) is 0 Å². The molecular weight excluding hydrogens is 705 g/mol. The number of benzene rings is 2. The molecule has 0 spiro atoms. The first-order valence-electron chi connectivity index (χ1n) is 19.4. The van der Waals surface area contributed by atoms with Gasteiger partial charge in [-0.05, 0) is 30.7 Å². The zero-order valence-electron chi connectivity index (χ0n) is 37.1. The summed E-state index contributed by atoms with van der Waals surface area (Å²) in [6.07, 6.45) is 2.41. The summed E-state index contributed by atoms with van der Waals surface area (Å²) in [4.78, 5) is 0. The Kier molecular flexibility index (Phi) is 20.5. The predicted octanol–water partition coefficient (Wildman–Crippen LogP) is 13.4. The van der Waals surface area contributed by atoms with E-state index in [0.29, 0.717) is 10.8 Å². The van der Waals surface area contributed by atoms with Gasteiger partial charge < -0.3 is 0 Å². The van der Waals surface area contributed by atoms with E-state index in [1.807, 2.05) is 0 Å². The van der Waals surface area contributed by atoms with E-state index in [0.717, 1.165) is 0 Å². The second kappa shape index (κ2) is 22.1. The molecule has 0 aliphatic heterocycles. The molecule has 6 aromatic rings. The van der Waals surface area contributed by atoms with Crippen molar-refractivity contribution in [2.45, 2.75) is 133 Å². The summed E-state index contributed by atoms with van der Waals surface area (Å²) in [5, 5.41) is 5.67. The van der Waals surface area contributed by atoms with Crippen LogP contribution in [0.4, 0.5) is 0 Å². The first kappa shape index (κ1) is 50.1. The van der Waals surface area contributed by atoms with Gasteiger partial charge in [0.2, 0.25) is 0 Å². The van der Waals surface area contributed by atoms with Crippen LogP contribution in [0.5, 0.6) is 0 Å². The van der Waals surface area contributed by atoms with Gasteiger partial charge in [0.1, 0.15) is 0 Å². The second-order valence-electron chi connectivity index (χ2n) is 16.9. The van der Waals surface area contributed by atoms with Crippen LogP contribution in [0.25, 0.3) is 21.5 Å². The zero-order chi connectivity index (χ0) is 39.0. The minimum atomic E-state index is -0.306. The van der Waals surface area contributed by atoms with Crippen LogP contribution >= 0.6 is 0 Å². The van der Waals surface area contributed by atoms with Gasteiger partial charge >= 0.3 is 46.1 Å². The Morgan fingerprint density at radius 1 is 0.537 bits per heavy atom. The molecule has 0 amide bonds. The van der Waals surface area contributed by atoms with Gasteiger partial charge in [-0.15, -0.1) is 79.8 Å². The van der Waals surface area contributed by atoms with Gasteiger partial charge in [0, 0.05) is 0 Å². The van der Waals surface area contributed by atoms with Crippen LogP contribution in [0.15, 0.2) is 84.9 Å². The Morgan fingerprint density at radius 3 is 1.44 bits per heavy atom. The molecule has 0 saturated carbocycles. The molecule has 0 fully saturated rings. The van der Waals surface area contributed by atoms with E-state index in [1.54, 1.807) is 0 Å². The minimum Gasteiger partial charge on any atom is -0.207 e. The standard InChI is InChI=1S/C14H17Si.C13H21Si.C12H13.C11H17.2Mg/c1-10-7-13-11(2)5-6-12(9-15(3)4)14(13)8-10;1-6-13(2,3)12-8-7-11(9-12)10-14(4)5;1-8-6-11-9(2)4-5-10(3)12(11)7-8;1-5-11(3,4)10-7-6-9(2)8-10;;/h5-9H,1-4H3;7-10H,6H2,1-5H3;4-7H,1-3H3;6-8H,5H2,1-4H3;;/q4*-1;2*+2. The Hall–Kier alpha value is -1.93. The van der Waals surface area contributed by atoms with Crippen LogP contribution in [-0.2, 0) is 10.8 Å². The Bertz CT molecular complexity index is 2070. The van der Waals surface area contributed by atoms with Crippen LogP contribution in [0, 0.1) is 41.5 Å². The summed E-state index contributed by atoms with van der Waals surface area (Å²) in [7, 11) is -0.556. The molecule has 0 atom stereocenters. The van der Waals surface area contributed by atoms with Crippen molar-refractivity contribution in [1.29, 1.82) is 0 Å². The van der Waals surface area contributed by atoms with E-state index in [9.17, 15) is 0 Å². The maximum absolute atomic E-state index is 2.44. The monoisotopic (exact) mass is 772 g/mol. The topological polar surface area (TPSA) is 0 Å². The third-order valence-electron chi connectivity index (χ3n) is 10.7. The summed E-state index contributed by atoms with van der Waals surface area (Å²) in [5.41, 5.74) is 19.6. The molecule has 0 heterocycles. The Balaban J connectivity index is 0.000000358. The third kappa shape index (κ3) is 14.2. The van der Waals surface area contributed by atoms with Crippen LogP contribution in [0.1, 0.15) is 110 Å². The molecule has 6 aromatic carbocycles. The van der Waals surface area contributed by atoms with Crippen LogP contribution in [0.3, 0.4) is 0 Å². The van der Waals surface area contributed by atoms with E-state index >= 15 is 0 Å². The maximum Gasteiger partial charge on any atom is 2.00 e. The number of fused-ring (bicyclic) bond motifs is 2. The predicted molar refractivity (Wildman–Crippen MR) is 255 cm³/mol. The summed E-state index contributed by atoms with van der Waals surface area (Å²) < 4.78 is 0. The van der Waals surface area contributed by atoms with Crippen molar-refractivity contribution in [3.8, 4) is 0 Å². The first-order chi connectivity index (χ1) is 24.3. The number of hydrogen-bond donors (Lipinski definition) is 0. The van der Waals surface area contributed by atoms with Crippen molar-refractivity contribution in [1.82, 2.24) is 0 Å². The van der Waals surface area contributed by atoms with E-state index in [2.05, 4.69) is 206 Å². The van der Waals surface area contributed by atoms with E-state index in [1.165, 1.54) is 90.0 Å². The van der Waals surface area contributed by atoms with Gasteiger partial charge in [-0.25, -0.2) is 6.07 Å². The van der Waals surface area contributed by atoms with Crippen LogP contribution in [-0.4, -0.2) is 74.3 Å². The molecule has 0 nitrogen and oxygen atoms in total. The quantitative estimate of drug-likeness (QED) is 0.117. The maximum atomic E-state index is 2.44. The molecule has 0 aliphatic carbocycles. The summed E-state index contributed by atoms with van der Waals surface area (Å²) in [5.74, 6) is 0. The first-order valence-corrected chi connectivity index (χ1v) is 24.5. The summed E-state index contributed by atoms with van der Waals surface area (Å²) in [6, 6.07) is 31.6. The van der Waals surface area contributed by atoms with Gasteiger partial charge in [0.15, 0.2) is 0 Å². The molecule has 0 aliphatic rings. The fraction of sp³-hybridized carbons (Fsp3) is 0.400. The number of rotatable bonds is 6. The van der Waals surface area contributed by atoms with Crippen LogP contribution < -0.4 is 0 Å². The molecule has 280 valence electrons. The van der Waals surface area contributed by atoms with Crippen LogP contribution in [0.2, 0.25) is 26.2 Å². The number of hydrogen-bond acceptors (Lipinski definition) is 0. The fourth-order valence-corrected chi connectivity index (χ4v) is 8.20. The molecule has 0 saturated heterocycles. The third-order valence-corrected chi connectivity index (χ3v) is 12.5. The summed E-state index contributed by atoms with van der Waals surface area (Å²) >= 11 is 0. The van der Waals surface area contributed by atoms with Crippen molar-refractivity contribution in [2.24, 2.45) is 0 Å². The number of aryl methyl sites for hydroxylation is 6. The van der Waals surface area contributed by atoms with Gasteiger partial charge in [0.25, 0.3) is 0 Å². The molecule has 0 unspecified atom stereocenters. The van der Waals surface area contributed by atoms with E-state index in [4.69, 9.17) is 0 Å². The Morgan fingerprint density at radius 2 is 0.981 bits per heavy atom. The molecule has 6 rings (SSSR count). The molecule has 54 heavy (non-hydrogen) atoms. The van der Waals surface area contributed by atoms with Crippen molar-refractivity contribution < 1.29 is 0 Å². The molecular formula is C50H68Mg2Si2. The second-order valence-corrected chi connectivity index (χ2v) is 21.8. The molecule has 0 bridgehead atoms. The van der Waals surface area contributed by atoms with Crippen molar-refractivity contribution >= 4 is 95.8 Å². The zero-order valence-corrected chi connectivity index (χ0v) is 41.9.